The van der Waals surface area contributed by atoms with E-state index >= 15 is 0 Å². The summed E-state index contributed by atoms with van der Waals surface area (Å²) in [7, 11) is 0. The third-order valence-corrected chi connectivity index (χ3v) is 2.02. The molecule has 1 N–H and O–H groups in total. The predicted octanol–water partition coefficient (Wildman–Crippen LogP) is 1.28. The van der Waals surface area contributed by atoms with Crippen molar-refractivity contribution >= 4 is 11.9 Å². The fourth-order valence-corrected chi connectivity index (χ4v) is 1.15. The van der Waals surface area contributed by atoms with Gasteiger partial charge in [-0.05, 0) is 13.0 Å². The maximum Gasteiger partial charge on any atom is 0.396 e. The highest BCUT2D eigenvalue weighted by atomic mass is 19.2. The van der Waals surface area contributed by atoms with E-state index in [2.05, 4.69) is 4.74 Å². The fourth-order valence-electron chi connectivity index (χ4n) is 1.15. The summed E-state index contributed by atoms with van der Waals surface area (Å²) in [5, 5.41) is 2.03. The van der Waals surface area contributed by atoms with Crippen molar-refractivity contribution in [2.75, 3.05) is 6.61 Å². The molecule has 0 aliphatic rings. The molecule has 1 aromatic carbocycles. The predicted molar refractivity (Wildman–Crippen MR) is 54.8 cm³/mol. The third kappa shape index (κ3) is 3.22. The molecule has 7 heteroatoms. The summed E-state index contributed by atoms with van der Waals surface area (Å²) in [4.78, 5) is 22.0. The van der Waals surface area contributed by atoms with Crippen LogP contribution in [0.15, 0.2) is 12.1 Å². The summed E-state index contributed by atoms with van der Waals surface area (Å²) >= 11 is 0. The quantitative estimate of drug-likeness (QED) is 0.506. The maximum atomic E-state index is 13.2. The normalized spacial score (nSPS) is 10.0. The highest BCUT2D eigenvalue weighted by molar-refractivity contribution is 6.32. The lowest BCUT2D eigenvalue weighted by Gasteiger charge is -2.06. The average Bonchev–Trinajstić information content (AvgIpc) is 2.35. The van der Waals surface area contributed by atoms with Gasteiger partial charge in [-0.25, -0.2) is 18.0 Å². The van der Waals surface area contributed by atoms with Crippen molar-refractivity contribution in [2.45, 2.75) is 13.5 Å². The molecule has 0 spiro atoms. The minimum absolute atomic E-state index is 0.0196. The first-order valence-electron chi connectivity index (χ1n) is 5.04. The van der Waals surface area contributed by atoms with Crippen LogP contribution in [0.5, 0.6) is 0 Å². The topological polar surface area (TPSA) is 55.4 Å². The van der Waals surface area contributed by atoms with Crippen molar-refractivity contribution in [1.82, 2.24) is 5.32 Å². The summed E-state index contributed by atoms with van der Waals surface area (Å²) in [5.74, 6) is -6.56. The average molecular weight is 261 g/mol. The Morgan fingerprint density at radius 1 is 1.22 bits per heavy atom. The van der Waals surface area contributed by atoms with Gasteiger partial charge in [0, 0.05) is 12.1 Å². The van der Waals surface area contributed by atoms with Gasteiger partial charge in [-0.2, -0.15) is 0 Å². The number of carbonyl (C=O) groups excluding carboxylic acids is 2. The molecule has 0 unspecified atom stereocenters. The van der Waals surface area contributed by atoms with Gasteiger partial charge >= 0.3 is 11.9 Å². The highest BCUT2D eigenvalue weighted by Crippen LogP contribution is 2.14. The second kappa shape index (κ2) is 6.04. The first kappa shape index (κ1) is 14.0. The number of benzene rings is 1. The van der Waals surface area contributed by atoms with Crippen LogP contribution in [0.25, 0.3) is 0 Å². The summed E-state index contributed by atoms with van der Waals surface area (Å²) in [6.07, 6.45) is 0. The second-order valence-electron chi connectivity index (χ2n) is 3.24. The molecule has 0 aliphatic carbocycles. The van der Waals surface area contributed by atoms with E-state index in [0.717, 1.165) is 12.1 Å². The zero-order valence-electron chi connectivity index (χ0n) is 9.43. The second-order valence-corrected chi connectivity index (χ2v) is 3.24. The van der Waals surface area contributed by atoms with Crippen molar-refractivity contribution in [3.8, 4) is 0 Å². The fraction of sp³-hybridized carbons (Fsp3) is 0.273. The Labute approximate surface area is 101 Å². The van der Waals surface area contributed by atoms with E-state index in [1.54, 1.807) is 0 Å². The number of nitrogens with one attached hydrogen (secondary N) is 1. The van der Waals surface area contributed by atoms with Crippen LogP contribution in [0.2, 0.25) is 0 Å². The summed E-state index contributed by atoms with van der Waals surface area (Å²) < 4.78 is 43.0. The summed E-state index contributed by atoms with van der Waals surface area (Å²) in [6.45, 7) is 1.09. The zero-order chi connectivity index (χ0) is 13.7. The van der Waals surface area contributed by atoms with E-state index < -0.39 is 35.9 Å². The van der Waals surface area contributed by atoms with Gasteiger partial charge in [0.25, 0.3) is 0 Å². The molecule has 0 fully saturated rings. The Hall–Kier alpha value is -2.05. The summed E-state index contributed by atoms with van der Waals surface area (Å²) in [5.41, 5.74) is -0.272. The number of hydrogen-bond acceptors (Lipinski definition) is 3. The number of hydrogen-bond donors (Lipinski definition) is 1. The van der Waals surface area contributed by atoms with Crippen LogP contribution in [0.4, 0.5) is 13.2 Å². The van der Waals surface area contributed by atoms with Gasteiger partial charge in [0.1, 0.15) is 0 Å². The Morgan fingerprint density at radius 2 is 1.89 bits per heavy atom. The molecule has 98 valence electrons. The molecular weight excluding hydrogens is 251 g/mol. The van der Waals surface area contributed by atoms with Crippen LogP contribution in [-0.2, 0) is 20.9 Å². The van der Waals surface area contributed by atoms with Gasteiger partial charge < -0.3 is 10.1 Å². The van der Waals surface area contributed by atoms with E-state index in [0.29, 0.717) is 0 Å². The van der Waals surface area contributed by atoms with E-state index in [-0.39, 0.29) is 12.2 Å². The van der Waals surface area contributed by atoms with Gasteiger partial charge in [-0.1, -0.05) is 6.07 Å². The number of amides is 1. The zero-order valence-corrected chi connectivity index (χ0v) is 9.43. The third-order valence-electron chi connectivity index (χ3n) is 2.02. The van der Waals surface area contributed by atoms with Crippen LogP contribution in [0, 0.1) is 17.5 Å². The van der Waals surface area contributed by atoms with E-state index in [1.807, 2.05) is 5.32 Å². The molecule has 0 heterocycles. The number of esters is 1. The molecule has 0 aromatic heterocycles. The number of ether oxygens (including phenoxy) is 1. The first-order valence-corrected chi connectivity index (χ1v) is 5.04. The molecule has 4 nitrogen and oxygen atoms in total. The van der Waals surface area contributed by atoms with E-state index in [9.17, 15) is 22.8 Å². The maximum absolute atomic E-state index is 13.2. The molecule has 0 radical (unpaired) electrons. The van der Waals surface area contributed by atoms with Gasteiger partial charge in [0.15, 0.2) is 17.5 Å². The van der Waals surface area contributed by atoms with E-state index in [1.165, 1.54) is 6.92 Å². The van der Waals surface area contributed by atoms with Crippen molar-refractivity contribution < 1.29 is 27.5 Å². The highest BCUT2D eigenvalue weighted by Gasteiger charge is 2.17. The van der Waals surface area contributed by atoms with Crippen molar-refractivity contribution in [1.29, 1.82) is 0 Å². The van der Waals surface area contributed by atoms with Crippen molar-refractivity contribution in [3.05, 3.63) is 35.1 Å². The lowest BCUT2D eigenvalue weighted by atomic mass is 10.2. The Kier molecular flexibility index (Phi) is 4.70. The largest absolute Gasteiger partial charge is 0.459 e. The molecule has 0 saturated heterocycles. The van der Waals surface area contributed by atoms with Gasteiger partial charge in [-0.3, -0.25) is 4.79 Å². The molecule has 0 aliphatic heterocycles. The molecule has 1 rings (SSSR count). The van der Waals surface area contributed by atoms with Gasteiger partial charge in [-0.15, -0.1) is 0 Å². The number of carbonyl (C=O) groups is 2. The SMILES string of the molecule is CCOC(=O)C(=O)NCc1ccc(F)c(F)c1F. The minimum atomic E-state index is -1.63. The molecule has 1 amide bonds. The first-order chi connectivity index (χ1) is 8.47. The molecule has 0 saturated carbocycles. The molecular formula is C11H10F3NO3. The van der Waals surface area contributed by atoms with Crippen molar-refractivity contribution in [2.24, 2.45) is 0 Å². The smallest absolute Gasteiger partial charge is 0.396 e. The Morgan fingerprint density at radius 3 is 2.50 bits per heavy atom. The van der Waals surface area contributed by atoms with Crippen LogP contribution in [0.3, 0.4) is 0 Å². The van der Waals surface area contributed by atoms with E-state index in [4.69, 9.17) is 0 Å². The molecule has 18 heavy (non-hydrogen) atoms. The van der Waals surface area contributed by atoms with Crippen molar-refractivity contribution in [3.63, 3.8) is 0 Å². The van der Waals surface area contributed by atoms with Gasteiger partial charge in [0.2, 0.25) is 0 Å². The van der Waals surface area contributed by atoms with Crippen LogP contribution >= 0.6 is 0 Å². The monoisotopic (exact) mass is 261 g/mol. The standard InChI is InChI=1S/C11H10F3NO3/c1-2-18-11(17)10(16)15-5-6-3-4-7(12)9(14)8(6)13/h3-4H,2,5H2,1H3,(H,15,16). The minimum Gasteiger partial charge on any atom is -0.459 e. The summed E-state index contributed by atoms with van der Waals surface area (Å²) in [6, 6.07) is 1.70. The van der Waals surface area contributed by atoms with Crippen LogP contribution in [-0.4, -0.2) is 18.5 Å². The van der Waals surface area contributed by atoms with Crippen LogP contribution < -0.4 is 5.32 Å². The Balaban J connectivity index is 2.67. The molecule has 0 bridgehead atoms. The molecule has 1 aromatic rings. The van der Waals surface area contributed by atoms with Gasteiger partial charge in [0.05, 0.1) is 6.61 Å². The number of halogens is 3. The lowest BCUT2D eigenvalue weighted by molar-refractivity contribution is -0.154. The number of rotatable bonds is 3. The van der Waals surface area contributed by atoms with Crippen LogP contribution in [0.1, 0.15) is 12.5 Å². The molecule has 0 atom stereocenters. The lowest BCUT2D eigenvalue weighted by Crippen LogP contribution is -2.32. The Bertz CT molecular complexity index is 477.